The second-order valence-corrected chi connectivity index (χ2v) is 4.77. The topological polar surface area (TPSA) is 53.7 Å². The number of fused-ring (bicyclic) bond motifs is 1. The molecule has 0 aromatic carbocycles. The number of aliphatic hydroxyl groups excluding tert-OH is 1. The second kappa shape index (κ2) is 4.94. The Labute approximate surface area is 106 Å². The Balaban J connectivity index is 2.00. The molecule has 5 heteroatoms. The van der Waals surface area contributed by atoms with Gasteiger partial charge in [-0.1, -0.05) is 12.8 Å². The van der Waals surface area contributed by atoms with Gasteiger partial charge in [-0.3, -0.25) is 0 Å². The van der Waals surface area contributed by atoms with E-state index in [9.17, 15) is 5.11 Å². The minimum Gasteiger partial charge on any atom is -0.395 e. The monoisotopic (exact) mass is 246 g/mol. The molecule has 0 radical (unpaired) electrons. The first kappa shape index (κ1) is 11.5. The molecule has 0 atom stereocenters. The van der Waals surface area contributed by atoms with Gasteiger partial charge in [0.2, 0.25) is 0 Å². The van der Waals surface area contributed by atoms with Crippen molar-refractivity contribution in [2.45, 2.75) is 31.7 Å². The summed E-state index contributed by atoms with van der Waals surface area (Å²) in [5, 5.41) is 13.5. The van der Waals surface area contributed by atoms with Gasteiger partial charge in [-0.2, -0.15) is 5.10 Å². The van der Waals surface area contributed by atoms with E-state index in [0.717, 1.165) is 11.3 Å². The van der Waals surface area contributed by atoms with E-state index < -0.39 is 0 Å². The summed E-state index contributed by atoms with van der Waals surface area (Å²) >= 11 is 0. The number of anilines is 1. The van der Waals surface area contributed by atoms with Crippen molar-refractivity contribution in [2.24, 2.45) is 0 Å². The number of aromatic nitrogens is 3. The van der Waals surface area contributed by atoms with Crippen molar-refractivity contribution >= 4 is 11.3 Å². The maximum Gasteiger partial charge on any atom is 0.155 e. The lowest BCUT2D eigenvalue weighted by atomic mass is 10.2. The third-order valence-electron chi connectivity index (χ3n) is 3.68. The summed E-state index contributed by atoms with van der Waals surface area (Å²) in [7, 11) is 0. The molecule has 0 amide bonds. The lowest BCUT2D eigenvalue weighted by molar-refractivity contribution is 0.297. The Hall–Kier alpha value is -1.62. The molecule has 2 heterocycles. The fraction of sp³-hybridized carbons (Fsp3) is 0.538. The highest BCUT2D eigenvalue weighted by Crippen LogP contribution is 2.28. The van der Waals surface area contributed by atoms with E-state index >= 15 is 0 Å². The molecule has 1 aliphatic rings. The molecule has 1 N–H and O–H groups in total. The Morgan fingerprint density at radius 3 is 2.94 bits per heavy atom. The lowest BCUT2D eigenvalue weighted by Crippen LogP contribution is -2.36. The van der Waals surface area contributed by atoms with E-state index in [1.807, 2.05) is 16.8 Å². The van der Waals surface area contributed by atoms with Crippen LogP contribution in [-0.4, -0.2) is 38.9 Å². The summed E-state index contributed by atoms with van der Waals surface area (Å²) < 4.78 is 1.83. The van der Waals surface area contributed by atoms with E-state index in [2.05, 4.69) is 15.0 Å². The first-order chi connectivity index (χ1) is 8.90. The Morgan fingerprint density at radius 1 is 1.33 bits per heavy atom. The fourth-order valence-electron chi connectivity index (χ4n) is 2.85. The van der Waals surface area contributed by atoms with Crippen LogP contribution in [0.15, 0.2) is 24.7 Å². The van der Waals surface area contributed by atoms with Gasteiger partial charge in [-0.25, -0.2) is 9.50 Å². The van der Waals surface area contributed by atoms with Gasteiger partial charge >= 0.3 is 0 Å². The van der Waals surface area contributed by atoms with Gasteiger partial charge < -0.3 is 10.0 Å². The zero-order valence-electron chi connectivity index (χ0n) is 10.4. The summed E-state index contributed by atoms with van der Waals surface area (Å²) in [6.07, 6.45) is 10.3. The van der Waals surface area contributed by atoms with Crippen molar-refractivity contribution in [3.8, 4) is 0 Å². The van der Waals surface area contributed by atoms with Gasteiger partial charge in [0.05, 0.1) is 12.8 Å². The summed E-state index contributed by atoms with van der Waals surface area (Å²) in [6, 6.07) is 2.48. The molecule has 5 nitrogen and oxygen atoms in total. The summed E-state index contributed by atoms with van der Waals surface area (Å²) in [5.74, 6) is 0.941. The average molecular weight is 246 g/mol. The highest BCUT2D eigenvalue weighted by Gasteiger charge is 2.24. The standard InChI is InChI=1S/C13H18N4O/c18-10-9-16(11-3-1-2-4-11)13-12-5-6-15-17(12)8-7-14-13/h5-8,11,18H,1-4,9-10H2. The van der Waals surface area contributed by atoms with Crippen LogP contribution in [-0.2, 0) is 0 Å². The predicted octanol–water partition coefficient (Wildman–Crippen LogP) is 1.47. The molecule has 0 unspecified atom stereocenters. The van der Waals surface area contributed by atoms with Crippen LogP contribution in [0.25, 0.3) is 5.52 Å². The maximum absolute atomic E-state index is 9.29. The highest BCUT2D eigenvalue weighted by atomic mass is 16.3. The second-order valence-electron chi connectivity index (χ2n) is 4.77. The van der Waals surface area contributed by atoms with Crippen molar-refractivity contribution < 1.29 is 5.11 Å². The molecule has 2 aromatic heterocycles. The quantitative estimate of drug-likeness (QED) is 0.887. The van der Waals surface area contributed by atoms with Gasteiger partial charge in [0.1, 0.15) is 5.52 Å². The molecular weight excluding hydrogens is 228 g/mol. The van der Waals surface area contributed by atoms with E-state index in [4.69, 9.17) is 0 Å². The van der Waals surface area contributed by atoms with Gasteiger partial charge in [-0.05, 0) is 18.9 Å². The SMILES string of the molecule is OCCN(c1nccn2nccc12)C1CCCC1. The van der Waals surface area contributed by atoms with E-state index in [0.29, 0.717) is 12.6 Å². The van der Waals surface area contributed by atoms with Crippen LogP contribution in [0.3, 0.4) is 0 Å². The largest absolute Gasteiger partial charge is 0.395 e. The minimum atomic E-state index is 0.160. The van der Waals surface area contributed by atoms with Crippen molar-refractivity contribution in [1.29, 1.82) is 0 Å². The van der Waals surface area contributed by atoms with Crippen LogP contribution < -0.4 is 4.90 Å². The first-order valence-electron chi connectivity index (χ1n) is 6.56. The van der Waals surface area contributed by atoms with Crippen molar-refractivity contribution in [2.75, 3.05) is 18.1 Å². The molecule has 2 aromatic rings. The zero-order valence-corrected chi connectivity index (χ0v) is 10.4. The van der Waals surface area contributed by atoms with Crippen LogP contribution in [0.4, 0.5) is 5.82 Å². The van der Waals surface area contributed by atoms with Crippen molar-refractivity contribution in [3.63, 3.8) is 0 Å². The molecule has 1 aliphatic carbocycles. The third-order valence-corrected chi connectivity index (χ3v) is 3.68. The number of rotatable bonds is 4. The molecule has 1 saturated carbocycles. The van der Waals surface area contributed by atoms with Gasteiger partial charge in [0.25, 0.3) is 0 Å². The fourth-order valence-corrected chi connectivity index (χ4v) is 2.85. The van der Waals surface area contributed by atoms with E-state index in [1.54, 1.807) is 12.4 Å². The third kappa shape index (κ3) is 1.95. The van der Waals surface area contributed by atoms with Crippen molar-refractivity contribution in [3.05, 3.63) is 24.7 Å². The molecule has 1 fully saturated rings. The molecule has 3 rings (SSSR count). The molecular formula is C13H18N4O. The van der Waals surface area contributed by atoms with Gasteiger partial charge in [0.15, 0.2) is 5.82 Å². The normalized spacial score (nSPS) is 16.5. The molecule has 0 aliphatic heterocycles. The molecule has 96 valence electrons. The van der Waals surface area contributed by atoms with Gasteiger partial charge in [0, 0.05) is 25.0 Å². The summed E-state index contributed by atoms with van der Waals surface area (Å²) in [4.78, 5) is 6.74. The Bertz CT molecular complexity index is 518. The van der Waals surface area contributed by atoms with Crippen LogP contribution in [0.5, 0.6) is 0 Å². The Kier molecular flexibility index (Phi) is 3.15. The molecule has 0 spiro atoms. The molecule has 0 bridgehead atoms. The highest BCUT2D eigenvalue weighted by molar-refractivity contribution is 5.68. The number of hydrogen-bond donors (Lipinski definition) is 1. The van der Waals surface area contributed by atoms with Crippen molar-refractivity contribution in [1.82, 2.24) is 14.6 Å². The summed E-state index contributed by atoms with van der Waals surface area (Å²) in [5.41, 5.74) is 1.01. The van der Waals surface area contributed by atoms with E-state index in [1.165, 1.54) is 25.7 Å². The average Bonchev–Trinajstić information content (AvgIpc) is 3.06. The molecule has 0 saturated heterocycles. The first-order valence-corrected chi connectivity index (χ1v) is 6.56. The predicted molar refractivity (Wildman–Crippen MR) is 69.7 cm³/mol. The van der Waals surface area contributed by atoms with E-state index in [-0.39, 0.29) is 6.61 Å². The number of aliphatic hydroxyl groups is 1. The smallest absolute Gasteiger partial charge is 0.155 e. The maximum atomic E-state index is 9.29. The molecule has 18 heavy (non-hydrogen) atoms. The Morgan fingerprint density at radius 2 is 2.17 bits per heavy atom. The number of hydrogen-bond acceptors (Lipinski definition) is 4. The van der Waals surface area contributed by atoms with Crippen LogP contribution >= 0.6 is 0 Å². The minimum absolute atomic E-state index is 0.160. The van der Waals surface area contributed by atoms with Crippen LogP contribution in [0.1, 0.15) is 25.7 Å². The zero-order chi connectivity index (χ0) is 12.4. The summed E-state index contributed by atoms with van der Waals surface area (Å²) in [6.45, 7) is 0.801. The van der Waals surface area contributed by atoms with Crippen LogP contribution in [0, 0.1) is 0 Å². The van der Waals surface area contributed by atoms with Gasteiger partial charge in [-0.15, -0.1) is 0 Å². The number of nitrogens with zero attached hydrogens (tertiary/aromatic N) is 4. The van der Waals surface area contributed by atoms with Crippen LogP contribution in [0.2, 0.25) is 0 Å². The lowest BCUT2D eigenvalue weighted by Gasteiger charge is -2.29.